The molecule has 3 aliphatic rings. The molecule has 3 heterocycles. The molecule has 1 N–H and O–H groups in total. The second kappa shape index (κ2) is 11.2. The number of hydrogen-bond acceptors (Lipinski definition) is 7. The Balaban J connectivity index is 1.04. The number of nitrogens with one attached hydrogen (secondary N) is 1. The number of benzene rings is 4. The van der Waals surface area contributed by atoms with E-state index in [1.807, 2.05) is 94.7 Å². The molecule has 0 aliphatic carbocycles. The number of para-hydroxylation sites is 2. The van der Waals surface area contributed by atoms with Crippen LogP contribution in [0.3, 0.4) is 0 Å². The van der Waals surface area contributed by atoms with Crippen LogP contribution < -0.4 is 24.4 Å². The largest absolute Gasteiger partial charge is 0.495 e. The van der Waals surface area contributed by atoms with E-state index in [4.69, 9.17) is 14.2 Å². The van der Waals surface area contributed by atoms with Gasteiger partial charge in [-0.2, -0.15) is 0 Å². The van der Waals surface area contributed by atoms with Crippen LogP contribution in [-0.4, -0.2) is 61.7 Å². The maximum absolute atomic E-state index is 13.5. The van der Waals surface area contributed by atoms with Gasteiger partial charge in [0.1, 0.15) is 11.9 Å². The Morgan fingerprint density at radius 3 is 2.44 bits per heavy atom. The molecule has 0 radical (unpaired) electrons. The van der Waals surface area contributed by atoms with E-state index < -0.39 is 0 Å². The standard InChI is InChI=1S/C34H32N4O5/c1-41-29-9-5-4-8-28(29)36-16-18-37(19-17-36)33(39)24-11-13-25(14-12-24)35-32-26-6-2-3-7-27(26)34(40)38(32)21-23-10-15-30-31(20-23)43-22-42-30/h2-15,20,32,35H,16-19,21-22H2,1H3/t32-/m0/s1. The molecule has 1 saturated heterocycles. The third-order valence-corrected chi connectivity index (χ3v) is 8.28. The summed E-state index contributed by atoms with van der Waals surface area (Å²) in [7, 11) is 1.68. The van der Waals surface area contributed by atoms with Crippen molar-refractivity contribution < 1.29 is 23.8 Å². The Morgan fingerprint density at radius 1 is 0.884 bits per heavy atom. The van der Waals surface area contributed by atoms with Crippen molar-refractivity contribution in [2.24, 2.45) is 0 Å². The third kappa shape index (κ3) is 5.07. The van der Waals surface area contributed by atoms with Gasteiger partial charge in [0.15, 0.2) is 11.5 Å². The molecule has 0 unspecified atom stereocenters. The zero-order valence-corrected chi connectivity index (χ0v) is 23.9. The van der Waals surface area contributed by atoms with Gasteiger partial charge in [-0.05, 0) is 60.2 Å². The summed E-state index contributed by atoms with van der Waals surface area (Å²) in [6.07, 6.45) is -0.362. The maximum Gasteiger partial charge on any atom is 0.256 e. The van der Waals surface area contributed by atoms with Crippen LogP contribution >= 0.6 is 0 Å². The highest BCUT2D eigenvalue weighted by Gasteiger charge is 2.36. The van der Waals surface area contributed by atoms with Crippen molar-refractivity contribution in [1.82, 2.24) is 9.80 Å². The van der Waals surface area contributed by atoms with Gasteiger partial charge in [0, 0.05) is 55.1 Å². The lowest BCUT2D eigenvalue weighted by Gasteiger charge is -2.36. The average Bonchev–Trinajstić information content (AvgIpc) is 3.63. The Morgan fingerprint density at radius 2 is 1.63 bits per heavy atom. The summed E-state index contributed by atoms with van der Waals surface area (Å²) in [4.78, 5) is 32.8. The van der Waals surface area contributed by atoms with Gasteiger partial charge in [0.05, 0.1) is 12.8 Å². The van der Waals surface area contributed by atoms with E-state index in [2.05, 4.69) is 16.3 Å². The molecule has 218 valence electrons. The lowest BCUT2D eigenvalue weighted by molar-refractivity contribution is 0.0726. The van der Waals surface area contributed by atoms with Crippen molar-refractivity contribution in [3.05, 3.63) is 113 Å². The Labute approximate surface area is 250 Å². The summed E-state index contributed by atoms with van der Waals surface area (Å²) >= 11 is 0. The minimum absolute atomic E-state index is 0.0112. The number of ether oxygens (including phenoxy) is 3. The fourth-order valence-corrected chi connectivity index (χ4v) is 6.02. The van der Waals surface area contributed by atoms with Gasteiger partial charge < -0.3 is 34.2 Å². The van der Waals surface area contributed by atoms with Crippen molar-refractivity contribution in [3.63, 3.8) is 0 Å². The van der Waals surface area contributed by atoms with Gasteiger partial charge in [0.2, 0.25) is 6.79 Å². The molecule has 1 fully saturated rings. The summed E-state index contributed by atoms with van der Waals surface area (Å²) in [6.45, 7) is 3.34. The van der Waals surface area contributed by atoms with Crippen molar-refractivity contribution in [2.45, 2.75) is 12.7 Å². The van der Waals surface area contributed by atoms with E-state index in [-0.39, 0.29) is 24.8 Å². The quantitative estimate of drug-likeness (QED) is 0.326. The van der Waals surface area contributed by atoms with E-state index in [9.17, 15) is 9.59 Å². The van der Waals surface area contributed by atoms with Gasteiger partial charge in [-0.15, -0.1) is 0 Å². The predicted molar refractivity (Wildman–Crippen MR) is 163 cm³/mol. The second-order valence-corrected chi connectivity index (χ2v) is 10.8. The fraction of sp³-hybridized carbons (Fsp3) is 0.235. The number of nitrogens with zero attached hydrogens (tertiary/aromatic N) is 3. The second-order valence-electron chi connectivity index (χ2n) is 10.8. The van der Waals surface area contributed by atoms with E-state index in [0.717, 1.165) is 41.3 Å². The molecule has 2 amide bonds. The number of carbonyl (C=O) groups excluding carboxylic acids is 2. The van der Waals surface area contributed by atoms with Crippen LogP contribution in [0.2, 0.25) is 0 Å². The Hall–Kier alpha value is -5.18. The zero-order chi connectivity index (χ0) is 29.3. The first-order valence-electron chi connectivity index (χ1n) is 14.4. The minimum Gasteiger partial charge on any atom is -0.495 e. The van der Waals surface area contributed by atoms with Crippen LogP contribution in [0.4, 0.5) is 11.4 Å². The van der Waals surface area contributed by atoms with E-state index in [1.54, 1.807) is 7.11 Å². The summed E-state index contributed by atoms with van der Waals surface area (Å²) in [5.41, 5.74) is 5.05. The van der Waals surface area contributed by atoms with Crippen molar-refractivity contribution in [3.8, 4) is 17.2 Å². The topological polar surface area (TPSA) is 83.6 Å². The van der Waals surface area contributed by atoms with Gasteiger partial charge in [-0.25, -0.2) is 0 Å². The summed E-state index contributed by atoms with van der Waals surface area (Å²) in [5, 5.41) is 3.54. The molecule has 9 heteroatoms. The van der Waals surface area contributed by atoms with Gasteiger partial charge in [0.25, 0.3) is 11.8 Å². The van der Waals surface area contributed by atoms with Crippen LogP contribution in [0, 0.1) is 0 Å². The normalized spacial score (nSPS) is 17.2. The number of anilines is 2. The summed E-state index contributed by atoms with van der Waals surface area (Å²) in [5.74, 6) is 2.21. The summed E-state index contributed by atoms with van der Waals surface area (Å²) in [6, 6.07) is 28.9. The van der Waals surface area contributed by atoms with Crippen molar-refractivity contribution >= 4 is 23.2 Å². The number of amides is 2. The van der Waals surface area contributed by atoms with E-state index in [0.29, 0.717) is 42.3 Å². The number of fused-ring (bicyclic) bond motifs is 2. The monoisotopic (exact) mass is 576 g/mol. The molecule has 0 spiro atoms. The highest BCUT2D eigenvalue weighted by atomic mass is 16.7. The first kappa shape index (κ1) is 26.7. The third-order valence-electron chi connectivity index (χ3n) is 8.28. The smallest absolute Gasteiger partial charge is 0.256 e. The first-order chi connectivity index (χ1) is 21.1. The first-order valence-corrected chi connectivity index (χ1v) is 14.4. The van der Waals surface area contributed by atoms with Crippen LogP contribution in [0.5, 0.6) is 17.2 Å². The van der Waals surface area contributed by atoms with Gasteiger partial charge in [-0.1, -0.05) is 36.4 Å². The van der Waals surface area contributed by atoms with Crippen LogP contribution in [0.25, 0.3) is 0 Å². The number of rotatable bonds is 7. The van der Waals surface area contributed by atoms with Gasteiger partial charge in [-0.3, -0.25) is 9.59 Å². The lowest BCUT2D eigenvalue weighted by Crippen LogP contribution is -2.48. The molecular formula is C34H32N4O5. The molecule has 7 rings (SSSR count). The molecule has 4 aromatic carbocycles. The molecular weight excluding hydrogens is 544 g/mol. The predicted octanol–water partition coefficient (Wildman–Crippen LogP) is 5.15. The molecule has 43 heavy (non-hydrogen) atoms. The SMILES string of the molecule is COc1ccccc1N1CCN(C(=O)c2ccc(N[C@@H]3c4ccccc4C(=O)N3Cc3ccc4c(c3)OCO4)cc2)CC1. The maximum atomic E-state index is 13.5. The highest BCUT2D eigenvalue weighted by Crippen LogP contribution is 2.38. The molecule has 0 aromatic heterocycles. The molecule has 4 aromatic rings. The summed E-state index contributed by atoms with van der Waals surface area (Å²) < 4.78 is 16.5. The van der Waals surface area contributed by atoms with Crippen molar-refractivity contribution in [2.75, 3.05) is 50.3 Å². The zero-order valence-electron chi connectivity index (χ0n) is 23.9. The number of hydrogen-bond donors (Lipinski definition) is 1. The van der Waals surface area contributed by atoms with E-state index in [1.165, 1.54) is 0 Å². The van der Waals surface area contributed by atoms with E-state index >= 15 is 0 Å². The highest BCUT2D eigenvalue weighted by molar-refractivity contribution is 5.99. The average molecular weight is 577 g/mol. The van der Waals surface area contributed by atoms with Gasteiger partial charge >= 0.3 is 0 Å². The number of piperazine rings is 1. The number of methoxy groups -OCH3 is 1. The number of carbonyl (C=O) groups is 2. The van der Waals surface area contributed by atoms with Crippen LogP contribution in [0.1, 0.15) is 38.0 Å². The molecule has 0 saturated carbocycles. The minimum atomic E-state index is -0.362. The Bertz CT molecular complexity index is 1670. The lowest BCUT2D eigenvalue weighted by atomic mass is 10.1. The molecule has 9 nitrogen and oxygen atoms in total. The molecule has 0 bridgehead atoms. The Kier molecular flexibility index (Phi) is 6.98. The van der Waals surface area contributed by atoms with Crippen molar-refractivity contribution in [1.29, 1.82) is 0 Å². The van der Waals surface area contributed by atoms with Crippen LogP contribution in [-0.2, 0) is 6.54 Å². The molecule has 3 aliphatic heterocycles. The fourth-order valence-electron chi connectivity index (χ4n) is 6.02. The van der Waals surface area contributed by atoms with Crippen LogP contribution in [0.15, 0.2) is 91.0 Å². The molecule has 1 atom stereocenters.